The van der Waals surface area contributed by atoms with Gasteiger partial charge in [0, 0.05) is 16.3 Å². The van der Waals surface area contributed by atoms with Gasteiger partial charge in [0.15, 0.2) is 0 Å². The Bertz CT molecular complexity index is 732. The highest BCUT2D eigenvalue weighted by molar-refractivity contribution is 14.1. The number of amides is 1. The van der Waals surface area contributed by atoms with Crippen molar-refractivity contribution in [2.24, 2.45) is 0 Å². The molecule has 1 amide bonds. The molecule has 2 nitrogen and oxygen atoms in total. The molecule has 3 rings (SSSR count). The van der Waals surface area contributed by atoms with Crippen molar-refractivity contribution in [1.29, 1.82) is 0 Å². The molecule has 1 atom stereocenters. The third-order valence-corrected chi connectivity index (χ3v) is 5.79. The van der Waals surface area contributed by atoms with Crippen molar-refractivity contribution in [1.82, 2.24) is 0 Å². The summed E-state index contributed by atoms with van der Waals surface area (Å²) in [5.41, 5.74) is 3.94. The molecule has 2 aromatic carbocycles. The van der Waals surface area contributed by atoms with Gasteiger partial charge in [-0.15, -0.1) is 11.6 Å². The van der Waals surface area contributed by atoms with Gasteiger partial charge in [-0.2, -0.15) is 0 Å². The van der Waals surface area contributed by atoms with Crippen molar-refractivity contribution in [2.45, 2.75) is 11.8 Å². The van der Waals surface area contributed by atoms with Crippen LogP contribution >= 0.6 is 45.8 Å². The number of carbonyl (C=O) groups is 1. The number of likely N-dealkylation sites (N-methyl/N-ethyl adjacent to an activating group) is 1. The second-order valence-electron chi connectivity index (χ2n) is 5.05. The summed E-state index contributed by atoms with van der Waals surface area (Å²) in [6.07, 6.45) is 0.441. The van der Waals surface area contributed by atoms with Crippen molar-refractivity contribution in [3.63, 3.8) is 0 Å². The second-order valence-corrected chi connectivity index (χ2v) is 7.06. The van der Waals surface area contributed by atoms with Gasteiger partial charge in [0.2, 0.25) is 5.91 Å². The largest absolute Gasteiger partial charge is 0.315 e. The van der Waals surface area contributed by atoms with Gasteiger partial charge in [-0.25, -0.2) is 0 Å². The summed E-state index contributed by atoms with van der Waals surface area (Å²) in [6.45, 7) is 0. The lowest BCUT2D eigenvalue weighted by atomic mass is 10.0. The van der Waals surface area contributed by atoms with E-state index < -0.39 is 0 Å². The van der Waals surface area contributed by atoms with E-state index in [0.29, 0.717) is 11.4 Å². The molecule has 21 heavy (non-hydrogen) atoms. The molecule has 0 saturated heterocycles. The van der Waals surface area contributed by atoms with Gasteiger partial charge in [0.05, 0.1) is 16.8 Å². The maximum atomic E-state index is 11.7. The number of anilines is 1. The smallest absolute Gasteiger partial charge is 0.231 e. The van der Waals surface area contributed by atoms with Crippen molar-refractivity contribution < 1.29 is 4.79 Å². The molecule has 1 unspecified atom stereocenters. The van der Waals surface area contributed by atoms with Gasteiger partial charge in [-0.1, -0.05) is 29.8 Å². The van der Waals surface area contributed by atoms with E-state index in [2.05, 4.69) is 22.6 Å². The Morgan fingerprint density at radius 2 is 1.86 bits per heavy atom. The van der Waals surface area contributed by atoms with Crippen molar-refractivity contribution in [3.05, 3.63) is 61.7 Å². The number of hydrogen-bond acceptors (Lipinski definition) is 1. The van der Waals surface area contributed by atoms with E-state index >= 15 is 0 Å². The van der Waals surface area contributed by atoms with Gasteiger partial charge in [0.25, 0.3) is 0 Å². The van der Waals surface area contributed by atoms with E-state index in [1.807, 2.05) is 36.4 Å². The van der Waals surface area contributed by atoms with Crippen LogP contribution in [-0.4, -0.2) is 13.0 Å². The molecule has 1 heterocycles. The first kappa shape index (κ1) is 15.1. The molecule has 1 aliphatic rings. The standard InChI is InChI=1S/C16H12Cl2INO/c1-20-14-5-3-9(6-11(14)8-15(20)21)16(18)10-2-4-13(19)12(17)7-10/h2-7,16H,8H2,1H3. The Kier molecular flexibility index (Phi) is 4.17. The average Bonchev–Trinajstić information content (AvgIpc) is 2.76. The zero-order chi connectivity index (χ0) is 15.1. The SMILES string of the molecule is CN1C(=O)Cc2cc(C(Cl)c3ccc(I)c(Cl)c3)ccc21. The molecule has 0 radical (unpaired) electrons. The Morgan fingerprint density at radius 1 is 1.19 bits per heavy atom. The molecular formula is C16H12Cl2INO. The number of alkyl halides is 1. The maximum Gasteiger partial charge on any atom is 0.231 e. The number of carbonyl (C=O) groups excluding carboxylic acids is 1. The van der Waals surface area contributed by atoms with E-state index in [9.17, 15) is 4.79 Å². The minimum Gasteiger partial charge on any atom is -0.315 e. The molecular weight excluding hydrogens is 420 g/mol. The lowest BCUT2D eigenvalue weighted by Crippen LogP contribution is -2.20. The fourth-order valence-corrected chi connectivity index (χ4v) is 3.31. The van der Waals surface area contributed by atoms with Gasteiger partial charge in [-0.3, -0.25) is 4.79 Å². The molecule has 0 N–H and O–H groups in total. The number of rotatable bonds is 2. The topological polar surface area (TPSA) is 20.3 Å². The van der Waals surface area contributed by atoms with Crippen LogP contribution in [0.25, 0.3) is 0 Å². The average molecular weight is 432 g/mol. The van der Waals surface area contributed by atoms with Gasteiger partial charge in [-0.05, 0) is 57.5 Å². The number of nitrogens with zero attached hydrogens (tertiary/aromatic N) is 1. The number of fused-ring (bicyclic) bond motifs is 1. The molecule has 0 fully saturated rings. The molecule has 0 saturated carbocycles. The van der Waals surface area contributed by atoms with E-state index in [0.717, 1.165) is 25.9 Å². The van der Waals surface area contributed by atoms with Gasteiger partial charge in [0.1, 0.15) is 0 Å². The predicted molar refractivity (Wildman–Crippen MR) is 95.4 cm³/mol. The highest BCUT2D eigenvalue weighted by Gasteiger charge is 2.25. The molecule has 0 spiro atoms. The fraction of sp³-hybridized carbons (Fsp3) is 0.188. The van der Waals surface area contributed by atoms with Crippen LogP contribution in [0.4, 0.5) is 5.69 Å². The van der Waals surface area contributed by atoms with Crippen LogP contribution in [0.2, 0.25) is 5.02 Å². The van der Waals surface area contributed by atoms with Crippen LogP contribution in [0.15, 0.2) is 36.4 Å². The first-order valence-corrected chi connectivity index (χ1v) is 8.35. The number of benzene rings is 2. The maximum absolute atomic E-state index is 11.7. The number of hydrogen-bond donors (Lipinski definition) is 0. The molecule has 108 valence electrons. The molecule has 0 aliphatic carbocycles. The summed E-state index contributed by atoms with van der Waals surface area (Å²) in [5, 5.41) is 0.431. The molecule has 1 aliphatic heterocycles. The third-order valence-electron chi connectivity index (χ3n) is 3.71. The monoisotopic (exact) mass is 431 g/mol. The van der Waals surface area contributed by atoms with E-state index in [4.69, 9.17) is 23.2 Å². The lowest BCUT2D eigenvalue weighted by molar-refractivity contribution is -0.117. The molecule has 0 aromatic heterocycles. The molecule has 0 bridgehead atoms. The molecule has 5 heteroatoms. The Morgan fingerprint density at radius 3 is 2.57 bits per heavy atom. The van der Waals surface area contributed by atoms with Crippen LogP contribution < -0.4 is 4.90 Å². The van der Waals surface area contributed by atoms with Crippen molar-refractivity contribution in [3.8, 4) is 0 Å². The predicted octanol–water partition coefficient (Wildman–Crippen LogP) is 4.79. The lowest BCUT2D eigenvalue weighted by Gasteiger charge is -2.14. The van der Waals surface area contributed by atoms with E-state index in [-0.39, 0.29) is 11.3 Å². The van der Waals surface area contributed by atoms with E-state index in [1.54, 1.807) is 11.9 Å². The normalized spacial score (nSPS) is 15.2. The Labute approximate surface area is 147 Å². The first-order valence-electron chi connectivity index (χ1n) is 6.46. The summed E-state index contributed by atoms with van der Waals surface area (Å²) in [5.74, 6) is 0.116. The van der Waals surface area contributed by atoms with Crippen molar-refractivity contribution in [2.75, 3.05) is 11.9 Å². The minimum absolute atomic E-state index is 0.116. The van der Waals surface area contributed by atoms with Gasteiger partial charge >= 0.3 is 0 Å². The Hall–Kier alpha value is -0.780. The number of halogens is 3. The summed E-state index contributed by atoms with van der Waals surface area (Å²) in [6, 6.07) is 11.8. The van der Waals surface area contributed by atoms with Crippen LogP contribution in [0.1, 0.15) is 22.1 Å². The fourth-order valence-electron chi connectivity index (χ4n) is 2.51. The van der Waals surface area contributed by atoms with Crippen LogP contribution in [0.3, 0.4) is 0 Å². The summed E-state index contributed by atoms with van der Waals surface area (Å²) < 4.78 is 1.00. The van der Waals surface area contributed by atoms with Crippen molar-refractivity contribution >= 4 is 57.4 Å². The van der Waals surface area contributed by atoms with Crippen LogP contribution in [-0.2, 0) is 11.2 Å². The third kappa shape index (κ3) is 2.79. The highest BCUT2D eigenvalue weighted by Crippen LogP contribution is 2.36. The zero-order valence-electron chi connectivity index (χ0n) is 11.2. The zero-order valence-corrected chi connectivity index (χ0v) is 14.9. The quantitative estimate of drug-likeness (QED) is 0.494. The summed E-state index contributed by atoms with van der Waals surface area (Å²) in [4.78, 5) is 13.4. The summed E-state index contributed by atoms with van der Waals surface area (Å²) >= 11 is 14.9. The van der Waals surface area contributed by atoms with Gasteiger partial charge < -0.3 is 4.90 Å². The highest BCUT2D eigenvalue weighted by atomic mass is 127. The van der Waals surface area contributed by atoms with E-state index in [1.165, 1.54) is 0 Å². The molecule has 2 aromatic rings. The minimum atomic E-state index is -0.272. The first-order chi connectivity index (χ1) is 9.97. The van der Waals surface area contributed by atoms with Crippen LogP contribution in [0.5, 0.6) is 0 Å². The Balaban J connectivity index is 1.96. The summed E-state index contributed by atoms with van der Waals surface area (Å²) in [7, 11) is 1.80. The second kappa shape index (κ2) is 5.78. The van der Waals surface area contributed by atoms with Crippen LogP contribution in [0, 0.1) is 3.57 Å².